The normalized spacial score (nSPS) is 43.8. The minimum atomic E-state index is 0.0661. The Morgan fingerprint density at radius 1 is 1.00 bits per heavy atom. The molecule has 5 heteroatoms. The monoisotopic (exact) mass is 463 g/mol. The minimum absolute atomic E-state index is 0.0661. The fraction of sp³-hybridized carbons (Fsp3) is 0.759. The molecule has 4 aliphatic rings. The Bertz CT molecular complexity index is 1100. The molecule has 6 rings (SSSR count). The van der Waals surface area contributed by atoms with Gasteiger partial charge in [-0.1, -0.05) is 31.2 Å². The van der Waals surface area contributed by atoms with Crippen molar-refractivity contribution in [2.75, 3.05) is 7.11 Å². The minimum Gasteiger partial charge on any atom is -0.379 e. The summed E-state index contributed by atoms with van der Waals surface area (Å²) in [6, 6.07) is 7.96. The van der Waals surface area contributed by atoms with Gasteiger partial charge < -0.3 is 4.74 Å². The number of carbonyl (C=O) groups is 1. The molecule has 5 nitrogen and oxygen atoms in total. The number of hydrogen-bond donors (Lipinski definition) is 0. The molecule has 1 aromatic carbocycles. The maximum Gasteiger partial charge on any atom is 0.157 e. The first kappa shape index (κ1) is 22.7. The van der Waals surface area contributed by atoms with Gasteiger partial charge in [-0.05, 0) is 111 Å². The molecule has 34 heavy (non-hydrogen) atoms. The van der Waals surface area contributed by atoms with E-state index in [4.69, 9.17) is 4.74 Å². The van der Waals surface area contributed by atoms with Gasteiger partial charge in [-0.3, -0.25) is 4.79 Å². The Morgan fingerprint density at radius 3 is 2.62 bits per heavy atom. The summed E-state index contributed by atoms with van der Waals surface area (Å²) >= 11 is 0. The van der Waals surface area contributed by atoms with Crippen molar-refractivity contribution in [2.45, 2.75) is 90.7 Å². The molecule has 0 saturated heterocycles. The standard InChI is InChI=1S/C29H41N3O2/c1-27(34-4)15-16-28(2)19(17-27)9-10-20-21-11-12-23(29(21,3)14-13-22(20)28)26(33)18-32-25-8-6-5-7-24(25)30-31-32/h5-8,19-23H,9-18H2,1-4H3/t19-,20+,21+,22+,23-,27-,28+,29+/m1/s1. The van der Waals surface area contributed by atoms with Gasteiger partial charge in [0.15, 0.2) is 5.78 Å². The third-order valence-electron chi connectivity index (χ3n) is 11.5. The van der Waals surface area contributed by atoms with Crippen molar-refractivity contribution in [2.24, 2.45) is 40.4 Å². The molecule has 0 amide bonds. The SMILES string of the molecule is CO[C@]1(C)CC[C@@]2(C)[C@H](CC[C@@H]3[C@@H]2CC[C@]2(C)[C@@H](C(=O)Cn4nnc5ccccc54)CC[C@@H]32)C1. The van der Waals surface area contributed by atoms with Crippen molar-refractivity contribution < 1.29 is 9.53 Å². The molecule has 0 radical (unpaired) electrons. The molecular formula is C29H41N3O2. The lowest BCUT2D eigenvalue weighted by Gasteiger charge is -2.62. The number of para-hydroxylation sites is 1. The number of hydrogen-bond acceptors (Lipinski definition) is 4. The van der Waals surface area contributed by atoms with E-state index in [9.17, 15) is 4.79 Å². The third-order valence-corrected chi connectivity index (χ3v) is 11.5. The van der Waals surface area contributed by atoms with Crippen LogP contribution in [0.5, 0.6) is 0 Å². The first-order chi connectivity index (χ1) is 16.3. The second-order valence-corrected chi connectivity index (χ2v) is 12.9. The number of fused-ring (bicyclic) bond motifs is 6. The molecule has 2 aromatic rings. The summed E-state index contributed by atoms with van der Waals surface area (Å²) in [6.07, 6.45) is 11.2. The maximum absolute atomic E-state index is 13.7. The summed E-state index contributed by atoms with van der Waals surface area (Å²) < 4.78 is 7.78. The highest BCUT2D eigenvalue weighted by molar-refractivity contribution is 5.84. The van der Waals surface area contributed by atoms with Gasteiger partial charge in [0.25, 0.3) is 0 Å². The second-order valence-electron chi connectivity index (χ2n) is 12.9. The first-order valence-electron chi connectivity index (χ1n) is 13.6. The number of ketones is 1. The largest absolute Gasteiger partial charge is 0.379 e. The van der Waals surface area contributed by atoms with Crippen molar-refractivity contribution in [1.82, 2.24) is 15.0 Å². The summed E-state index contributed by atoms with van der Waals surface area (Å²) in [5.74, 6) is 3.62. The van der Waals surface area contributed by atoms with Gasteiger partial charge >= 0.3 is 0 Å². The second kappa shape index (κ2) is 7.88. The predicted octanol–water partition coefficient (Wildman–Crippen LogP) is 6.06. The van der Waals surface area contributed by atoms with E-state index in [0.29, 0.717) is 23.7 Å². The summed E-state index contributed by atoms with van der Waals surface area (Å²) in [4.78, 5) is 13.7. The number of nitrogens with zero attached hydrogens (tertiary/aromatic N) is 3. The number of carbonyl (C=O) groups excluding carboxylic acids is 1. The number of methoxy groups -OCH3 is 1. The Kier molecular flexibility index (Phi) is 5.26. The van der Waals surface area contributed by atoms with E-state index >= 15 is 0 Å². The lowest BCUT2D eigenvalue weighted by Crippen LogP contribution is -2.56. The molecule has 184 valence electrons. The molecule has 1 heterocycles. The van der Waals surface area contributed by atoms with E-state index < -0.39 is 0 Å². The molecule has 1 aromatic heterocycles. The number of benzene rings is 1. The smallest absolute Gasteiger partial charge is 0.157 e. The average Bonchev–Trinajstić information content (AvgIpc) is 3.40. The van der Waals surface area contributed by atoms with Gasteiger partial charge in [0.1, 0.15) is 12.1 Å². The summed E-state index contributed by atoms with van der Waals surface area (Å²) in [6.45, 7) is 7.75. The van der Waals surface area contributed by atoms with Crippen LogP contribution in [0.1, 0.15) is 78.6 Å². The molecule has 8 atom stereocenters. The van der Waals surface area contributed by atoms with Crippen LogP contribution in [0.15, 0.2) is 24.3 Å². The van der Waals surface area contributed by atoms with E-state index in [-0.39, 0.29) is 16.9 Å². The van der Waals surface area contributed by atoms with Crippen molar-refractivity contribution in [3.63, 3.8) is 0 Å². The van der Waals surface area contributed by atoms with Gasteiger partial charge in [-0.15, -0.1) is 5.10 Å². The van der Waals surface area contributed by atoms with Crippen molar-refractivity contribution in [3.05, 3.63) is 24.3 Å². The lowest BCUT2D eigenvalue weighted by atomic mass is 9.44. The molecule has 4 saturated carbocycles. The van der Waals surface area contributed by atoms with Crippen LogP contribution < -0.4 is 0 Å². The molecule has 4 fully saturated rings. The zero-order valence-corrected chi connectivity index (χ0v) is 21.4. The van der Waals surface area contributed by atoms with Crippen molar-refractivity contribution in [1.29, 1.82) is 0 Å². The number of ether oxygens (including phenoxy) is 1. The van der Waals surface area contributed by atoms with Crippen LogP contribution in [0, 0.1) is 40.4 Å². The highest BCUT2D eigenvalue weighted by Gasteiger charge is 2.61. The van der Waals surface area contributed by atoms with Gasteiger partial charge in [0.2, 0.25) is 0 Å². The number of aromatic nitrogens is 3. The van der Waals surface area contributed by atoms with E-state index in [1.807, 2.05) is 36.1 Å². The summed E-state index contributed by atoms with van der Waals surface area (Å²) in [7, 11) is 1.90. The first-order valence-corrected chi connectivity index (χ1v) is 13.6. The molecular weight excluding hydrogens is 422 g/mol. The van der Waals surface area contributed by atoms with Crippen molar-refractivity contribution in [3.8, 4) is 0 Å². The predicted molar refractivity (Wildman–Crippen MR) is 133 cm³/mol. The Labute approximate surface area is 204 Å². The van der Waals surface area contributed by atoms with Crippen LogP contribution in [-0.4, -0.2) is 33.5 Å². The Balaban J connectivity index is 1.21. The maximum atomic E-state index is 13.7. The summed E-state index contributed by atoms with van der Waals surface area (Å²) in [5.41, 5.74) is 2.49. The van der Waals surface area contributed by atoms with E-state index in [0.717, 1.165) is 35.2 Å². The molecule has 4 aliphatic carbocycles. The molecule has 0 aliphatic heterocycles. The highest BCUT2D eigenvalue weighted by atomic mass is 16.5. The van der Waals surface area contributed by atoms with Gasteiger partial charge in [0.05, 0.1) is 11.1 Å². The zero-order chi connectivity index (χ0) is 23.7. The quantitative estimate of drug-likeness (QED) is 0.553. The van der Waals surface area contributed by atoms with Crippen LogP contribution in [0.2, 0.25) is 0 Å². The fourth-order valence-corrected chi connectivity index (χ4v) is 9.42. The Hall–Kier alpha value is -1.75. The number of rotatable bonds is 4. The fourth-order valence-electron chi connectivity index (χ4n) is 9.42. The Morgan fingerprint density at radius 2 is 1.79 bits per heavy atom. The van der Waals surface area contributed by atoms with Gasteiger partial charge in [-0.2, -0.15) is 0 Å². The van der Waals surface area contributed by atoms with E-state index in [2.05, 4.69) is 31.1 Å². The average molecular weight is 464 g/mol. The number of Topliss-reactive ketones (excluding diaryl/α,β-unsaturated/α-hetero) is 1. The van der Waals surface area contributed by atoms with Crippen LogP contribution in [0.3, 0.4) is 0 Å². The van der Waals surface area contributed by atoms with Crippen LogP contribution in [0.4, 0.5) is 0 Å². The summed E-state index contributed by atoms with van der Waals surface area (Å²) in [5, 5.41) is 8.57. The molecule has 0 N–H and O–H groups in total. The van der Waals surface area contributed by atoms with E-state index in [1.165, 1.54) is 51.4 Å². The van der Waals surface area contributed by atoms with Crippen molar-refractivity contribution >= 4 is 16.8 Å². The molecule has 0 bridgehead atoms. The third kappa shape index (κ3) is 3.25. The van der Waals surface area contributed by atoms with Crippen LogP contribution >= 0.6 is 0 Å². The van der Waals surface area contributed by atoms with Gasteiger partial charge in [-0.25, -0.2) is 4.68 Å². The highest BCUT2D eigenvalue weighted by Crippen LogP contribution is 2.68. The van der Waals surface area contributed by atoms with Gasteiger partial charge in [0, 0.05) is 13.0 Å². The zero-order valence-electron chi connectivity index (χ0n) is 21.4. The lowest BCUT2D eigenvalue weighted by molar-refractivity contribution is -0.157. The molecule has 0 spiro atoms. The molecule has 0 unspecified atom stereocenters. The topological polar surface area (TPSA) is 57.0 Å². The van der Waals surface area contributed by atoms with Crippen LogP contribution in [-0.2, 0) is 16.1 Å². The van der Waals surface area contributed by atoms with Crippen LogP contribution in [0.25, 0.3) is 11.0 Å². The van der Waals surface area contributed by atoms with E-state index in [1.54, 1.807) is 0 Å².